The maximum atomic E-state index is 11.9. The molecule has 21 heavy (non-hydrogen) atoms. The highest BCUT2D eigenvalue weighted by Crippen LogP contribution is 2.25. The number of phenolic OH excluding ortho intramolecular Hbond substituents is 2. The van der Waals surface area contributed by atoms with Crippen LogP contribution in [0.3, 0.4) is 0 Å². The molecule has 1 rings (SSSR count). The molecule has 0 spiro atoms. The topological polar surface area (TPSA) is 107 Å². The first-order valence-electron chi connectivity index (χ1n) is 6.76. The van der Waals surface area contributed by atoms with Crippen molar-refractivity contribution in [1.29, 1.82) is 0 Å². The minimum Gasteiger partial charge on any atom is -0.504 e. The Kier molecular flexibility index (Phi) is 5.58. The molecule has 0 aliphatic heterocycles. The van der Waals surface area contributed by atoms with Gasteiger partial charge in [0.2, 0.25) is 5.91 Å². The van der Waals surface area contributed by atoms with Crippen molar-refractivity contribution in [2.45, 2.75) is 33.2 Å². The van der Waals surface area contributed by atoms with Gasteiger partial charge in [-0.25, -0.2) is 4.79 Å². The summed E-state index contributed by atoms with van der Waals surface area (Å²) in [4.78, 5) is 23.2. The molecule has 1 aromatic carbocycles. The Labute approximate surface area is 123 Å². The summed E-state index contributed by atoms with van der Waals surface area (Å²) in [5.74, 6) is -2.24. The number of rotatable bonds is 6. The smallest absolute Gasteiger partial charge is 0.326 e. The van der Waals surface area contributed by atoms with E-state index in [1.165, 1.54) is 18.2 Å². The zero-order valence-corrected chi connectivity index (χ0v) is 12.3. The van der Waals surface area contributed by atoms with E-state index in [0.29, 0.717) is 5.56 Å². The molecular weight excluding hydrogens is 274 g/mol. The monoisotopic (exact) mass is 295 g/mol. The van der Waals surface area contributed by atoms with Gasteiger partial charge in [-0.3, -0.25) is 4.79 Å². The minimum atomic E-state index is -1.15. The lowest BCUT2D eigenvalue weighted by atomic mass is 9.96. The molecule has 0 radical (unpaired) electrons. The fraction of sp³-hybridized carbons (Fsp3) is 0.467. The molecule has 2 atom stereocenters. The predicted octanol–water partition coefficient (Wildman–Crippen LogP) is 1.50. The van der Waals surface area contributed by atoms with E-state index in [-0.39, 0.29) is 35.7 Å². The van der Waals surface area contributed by atoms with Gasteiger partial charge in [0.1, 0.15) is 6.04 Å². The van der Waals surface area contributed by atoms with Gasteiger partial charge in [-0.1, -0.05) is 26.8 Å². The number of carbonyl (C=O) groups is 2. The van der Waals surface area contributed by atoms with Gasteiger partial charge >= 0.3 is 5.97 Å². The highest BCUT2D eigenvalue weighted by atomic mass is 16.4. The Morgan fingerprint density at radius 2 is 1.76 bits per heavy atom. The average molecular weight is 295 g/mol. The number of nitrogens with one attached hydrogen (secondary N) is 1. The molecule has 0 bridgehead atoms. The molecule has 6 nitrogen and oxygen atoms in total. The summed E-state index contributed by atoms with van der Waals surface area (Å²) in [6.45, 7) is 5.52. The summed E-state index contributed by atoms with van der Waals surface area (Å²) in [5.41, 5.74) is 0.509. The van der Waals surface area contributed by atoms with Crippen molar-refractivity contribution in [1.82, 2.24) is 5.32 Å². The SMILES string of the molecule is CC(C)C(C)C(=O)NC(Cc1ccc(O)c(O)c1)C(=O)O. The molecule has 0 aliphatic carbocycles. The van der Waals surface area contributed by atoms with Crippen molar-refractivity contribution in [3.63, 3.8) is 0 Å². The van der Waals surface area contributed by atoms with Crippen molar-refractivity contribution in [2.75, 3.05) is 0 Å². The number of aliphatic carboxylic acids is 1. The van der Waals surface area contributed by atoms with Gasteiger partial charge in [-0.05, 0) is 23.6 Å². The average Bonchev–Trinajstić information content (AvgIpc) is 2.40. The van der Waals surface area contributed by atoms with Crippen LogP contribution in [0.5, 0.6) is 11.5 Å². The van der Waals surface area contributed by atoms with Crippen LogP contribution < -0.4 is 5.32 Å². The molecule has 0 heterocycles. The van der Waals surface area contributed by atoms with Crippen LogP contribution in [0.15, 0.2) is 18.2 Å². The maximum Gasteiger partial charge on any atom is 0.326 e. The van der Waals surface area contributed by atoms with Crippen LogP contribution in [0.2, 0.25) is 0 Å². The molecule has 0 fully saturated rings. The Balaban J connectivity index is 2.81. The fourth-order valence-corrected chi connectivity index (χ4v) is 1.74. The molecule has 116 valence electrons. The van der Waals surface area contributed by atoms with E-state index < -0.39 is 12.0 Å². The van der Waals surface area contributed by atoms with E-state index in [9.17, 15) is 24.9 Å². The van der Waals surface area contributed by atoms with Crippen molar-refractivity contribution in [3.05, 3.63) is 23.8 Å². The summed E-state index contributed by atoms with van der Waals surface area (Å²) < 4.78 is 0. The van der Waals surface area contributed by atoms with Gasteiger partial charge < -0.3 is 20.6 Å². The quantitative estimate of drug-likeness (QED) is 0.595. The number of phenols is 2. The number of benzene rings is 1. The van der Waals surface area contributed by atoms with Crippen molar-refractivity contribution < 1.29 is 24.9 Å². The number of hydrogen-bond acceptors (Lipinski definition) is 4. The third-order valence-electron chi connectivity index (χ3n) is 3.51. The Hall–Kier alpha value is -2.24. The van der Waals surface area contributed by atoms with E-state index in [2.05, 4.69) is 5.32 Å². The predicted molar refractivity (Wildman–Crippen MR) is 77.0 cm³/mol. The number of carbonyl (C=O) groups excluding carboxylic acids is 1. The summed E-state index contributed by atoms with van der Waals surface area (Å²) in [5, 5.41) is 30.3. The molecular formula is C15H21NO5. The lowest BCUT2D eigenvalue weighted by Crippen LogP contribution is -2.45. The van der Waals surface area contributed by atoms with Crippen LogP contribution in [0.25, 0.3) is 0 Å². The molecule has 0 aliphatic rings. The number of amides is 1. The lowest BCUT2D eigenvalue weighted by molar-refractivity contribution is -0.142. The van der Waals surface area contributed by atoms with Crippen LogP contribution in [0, 0.1) is 11.8 Å². The van der Waals surface area contributed by atoms with Gasteiger partial charge in [0, 0.05) is 12.3 Å². The molecule has 1 aromatic rings. The van der Waals surface area contributed by atoms with Gasteiger partial charge in [0.25, 0.3) is 0 Å². The van der Waals surface area contributed by atoms with Crippen molar-refractivity contribution in [2.24, 2.45) is 11.8 Å². The van der Waals surface area contributed by atoms with E-state index in [1.807, 2.05) is 13.8 Å². The first-order chi connectivity index (χ1) is 9.72. The number of aromatic hydroxyl groups is 2. The third-order valence-corrected chi connectivity index (χ3v) is 3.51. The van der Waals surface area contributed by atoms with Crippen LogP contribution in [-0.2, 0) is 16.0 Å². The van der Waals surface area contributed by atoms with Crippen molar-refractivity contribution >= 4 is 11.9 Å². The van der Waals surface area contributed by atoms with Crippen molar-refractivity contribution in [3.8, 4) is 11.5 Å². The Morgan fingerprint density at radius 3 is 2.24 bits per heavy atom. The molecule has 6 heteroatoms. The Bertz CT molecular complexity index is 527. The highest BCUT2D eigenvalue weighted by Gasteiger charge is 2.24. The summed E-state index contributed by atoms with van der Waals surface area (Å²) >= 11 is 0. The van der Waals surface area contributed by atoms with Crippen LogP contribution in [-0.4, -0.2) is 33.2 Å². The van der Waals surface area contributed by atoms with E-state index >= 15 is 0 Å². The summed E-state index contributed by atoms with van der Waals surface area (Å²) in [7, 11) is 0. The maximum absolute atomic E-state index is 11.9. The Morgan fingerprint density at radius 1 is 1.14 bits per heavy atom. The zero-order valence-electron chi connectivity index (χ0n) is 12.3. The summed E-state index contributed by atoms with van der Waals surface area (Å²) in [6, 6.07) is 2.98. The molecule has 0 saturated carbocycles. The standard InChI is InChI=1S/C15H21NO5/c1-8(2)9(3)14(19)16-11(15(20)21)6-10-4-5-12(17)13(18)7-10/h4-5,7-9,11,17-18H,6H2,1-3H3,(H,16,19)(H,20,21). The second-order valence-corrected chi connectivity index (χ2v) is 5.46. The molecule has 0 aromatic heterocycles. The van der Waals surface area contributed by atoms with Gasteiger partial charge in [0.15, 0.2) is 11.5 Å². The van der Waals surface area contributed by atoms with Crippen LogP contribution in [0.4, 0.5) is 0 Å². The van der Waals surface area contributed by atoms with Crippen LogP contribution >= 0.6 is 0 Å². The second kappa shape index (κ2) is 6.97. The molecule has 2 unspecified atom stereocenters. The number of carboxylic acids is 1. The molecule has 4 N–H and O–H groups in total. The first-order valence-corrected chi connectivity index (χ1v) is 6.76. The second-order valence-electron chi connectivity index (χ2n) is 5.46. The van der Waals surface area contributed by atoms with Crippen LogP contribution in [0.1, 0.15) is 26.3 Å². The van der Waals surface area contributed by atoms with Gasteiger partial charge in [-0.2, -0.15) is 0 Å². The van der Waals surface area contributed by atoms with E-state index in [4.69, 9.17) is 0 Å². The zero-order chi connectivity index (χ0) is 16.2. The fourth-order valence-electron chi connectivity index (χ4n) is 1.74. The van der Waals surface area contributed by atoms with E-state index in [0.717, 1.165) is 0 Å². The normalized spacial score (nSPS) is 13.7. The largest absolute Gasteiger partial charge is 0.504 e. The molecule has 1 amide bonds. The minimum absolute atomic E-state index is 0.0275. The van der Waals surface area contributed by atoms with Gasteiger partial charge in [0.05, 0.1) is 0 Å². The number of carboxylic acid groups (broad SMARTS) is 1. The highest BCUT2D eigenvalue weighted by molar-refractivity contribution is 5.85. The first kappa shape index (κ1) is 16.8. The molecule has 0 saturated heterocycles. The summed E-state index contributed by atoms with van der Waals surface area (Å²) in [6.07, 6.45) is 0.0275. The lowest BCUT2D eigenvalue weighted by Gasteiger charge is -2.20. The third kappa shape index (κ3) is 4.66. The van der Waals surface area contributed by atoms with E-state index in [1.54, 1.807) is 6.92 Å². The van der Waals surface area contributed by atoms with Gasteiger partial charge in [-0.15, -0.1) is 0 Å². The number of hydrogen-bond donors (Lipinski definition) is 4.